The molecule has 1 unspecified atom stereocenters. The SMILES string of the molecule is CC.CC/C=C\C=C(C)C.CCC.Cc1oc(N2CCCC(c3ccccc3)C2)nc1C(F)(F)F.O=CNc1ccc(N2CCC(c3ccccc3)CC2)nc1. The number of hydrogen-bond acceptors (Lipinski definition) is 6. The number of oxazole rings is 1. The predicted octanol–water partition coefficient (Wildman–Crippen LogP) is 12.8. The molecular weight excluding hydrogens is 712 g/mol. The summed E-state index contributed by atoms with van der Waals surface area (Å²) in [5.74, 6) is 1.75. The zero-order chi connectivity index (χ0) is 41.3. The third-order valence-electron chi connectivity index (χ3n) is 8.88. The summed E-state index contributed by atoms with van der Waals surface area (Å²) in [5.41, 5.74) is 3.80. The van der Waals surface area contributed by atoms with Crippen LogP contribution in [0.1, 0.15) is 121 Å². The van der Waals surface area contributed by atoms with Gasteiger partial charge in [0.25, 0.3) is 6.01 Å². The Hall–Kier alpha value is -4.86. The monoisotopic (exact) mass is 776 g/mol. The molecule has 306 valence electrons. The molecule has 0 bridgehead atoms. The summed E-state index contributed by atoms with van der Waals surface area (Å²) in [6, 6.07) is 24.7. The van der Waals surface area contributed by atoms with Crippen molar-refractivity contribution in [2.24, 2.45) is 0 Å². The molecule has 2 saturated heterocycles. The number of pyridine rings is 1. The second kappa shape index (κ2) is 26.1. The fourth-order valence-electron chi connectivity index (χ4n) is 6.22. The van der Waals surface area contributed by atoms with Crippen LogP contribution in [0.5, 0.6) is 0 Å². The summed E-state index contributed by atoms with van der Waals surface area (Å²) >= 11 is 0. The first-order valence-corrected chi connectivity index (χ1v) is 20.1. The summed E-state index contributed by atoms with van der Waals surface area (Å²) in [6.45, 7) is 19.2. The quantitative estimate of drug-likeness (QED) is 0.142. The Morgan fingerprint density at radius 2 is 1.45 bits per heavy atom. The number of rotatable bonds is 8. The van der Waals surface area contributed by atoms with Gasteiger partial charge in [0.2, 0.25) is 6.41 Å². The van der Waals surface area contributed by atoms with E-state index < -0.39 is 11.9 Å². The van der Waals surface area contributed by atoms with E-state index in [0.29, 0.717) is 25.4 Å². The maximum atomic E-state index is 12.8. The molecule has 1 N–H and O–H groups in total. The Kier molecular flexibility index (Phi) is 22.0. The average Bonchev–Trinajstić information content (AvgIpc) is 3.63. The van der Waals surface area contributed by atoms with Crippen molar-refractivity contribution in [3.63, 3.8) is 0 Å². The molecule has 0 saturated carbocycles. The lowest BCUT2D eigenvalue weighted by Crippen LogP contribution is -2.34. The van der Waals surface area contributed by atoms with Gasteiger partial charge in [0.15, 0.2) is 5.69 Å². The highest BCUT2D eigenvalue weighted by Gasteiger charge is 2.38. The van der Waals surface area contributed by atoms with Crippen LogP contribution in [0.25, 0.3) is 0 Å². The van der Waals surface area contributed by atoms with Crippen LogP contribution in [0.2, 0.25) is 0 Å². The molecule has 0 spiro atoms. The van der Waals surface area contributed by atoms with Crippen molar-refractivity contribution < 1.29 is 22.4 Å². The number of anilines is 3. The summed E-state index contributed by atoms with van der Waals surface area (Å²) < 4.78 is 43.7. The molecule has 4 heterocycles. The fourth-order valence-corrected chi connectivity index (χ4v) is 6.22. The van der Waals surface area contributed by atoms with Gasteiger partial charge in [-0.1, -0.05) is 126 Å². The van der Waals surface area contributed by atoms with Gasteiger partial charge in [0, 0.05) is 32.1 Å². The van der Waals surface area contributed by atoms with Crippen molar-refractivity contribution >= 4 is 23.9 Å². The van der Waals surface area contributed by atoms with Crippen molar-refractivity contribution in [1.29, 1.82) is 0 Å². The molecule has 7 nitrogen and oxygen atoms in total. The van der Waals surface area contributed by atoms with Gasteiger partial charge in [-0.05, 0) is 82.1 Å². The topological polar surface area (TPSA) is 74.5 Å². The highest BCUT2D eigenvalue weighted by molar-refractivity contribution is 5.71. The molecule has 1 atom stereocenters. The normalized spacial score (nSPS) is 15.4. The van der Waals surface area contributed by atoms with E-state index in [9.17, 15) is 18.0 Å². The van der Waals surface area contributed by atoms with Crippen LogP contribution < -0.4 is 15.1 Å². The molecule has 10 heteroatoms. The first kappa shape index (κ1) is 47.3. The minimum absolute atomic E-state index is 0.0745. The predicted molar refractivity (Wildman–Crippen MR) is 228 cm³/mol. The first-order chi connectivity index (χ1) is 27.0. The van der Waals surface area contributed by atoms with Gasteiger partial charge in [0.05, 0.1) is 11.9 Å². The van der Waals surface area contributed by atoms with Crippen LogP contribution in [0.4, 0.5) is 30.7 Å². The molecule has 2 aromatic heterocycles. The lowest BCUT2D eigenvalue weighted by molar-refractivity contribution is -0.141. The number of alkyl halides is 3. The summed E-state index contributed by atoms with van der Waals surface area (Å²) in [6.07, 6.45) is 10.9. The number of nitrogens with one attached hydrogen (secondary N) is 1. The number of nitrogens with zero attached hydrogens (tertiary/aromatic N) is 4. The molecule has 2 fully saturated rings. The third-order valence-corrected chi connectivity index (χ3v) is 8.88. The van der Waals surface area contributed by atoms with Crippen LogP contribution in [0.15, 0.2) is 107 Å². The fraction of sp³-hybridized carbons (Fsp3) is 0.457. The van der Waals surface area contributed by atoms with Crippen molar-refractivity contribution in [3.05, 3.63) is 125 Å². The van der Waals surface area contributed by atoms with E-state index in [1.165, 1.54) is 30.0 Å². The third kappa shape index (κ3) is 16.5. The van der Waals surface area contributed by atoms with Gasteiger partial charge in [-0.25, -0.2) is 4.98 Å². The first-order valence-electron chi connectivity index (χ1n) is 20.1. The Labute approximate surface area is 334 Å². The van der Waals surface area contributed by atoms with Crippen LogP contribution in [-0.4, -0.2) is 42.6 Å². The largest absolute Gasteiger partial charge is 0.436 e. The Balaban J connectivity index is 0.000000297. The van der Waals surface area contributed by atoms with Gasteiger partial charge in [0.1, 0.15) is 11.6 Å². The summed E-state index contributed by atoms with van der Waals surface area (Å²) in [7, 11) is 0. The van der Waals surface area contributed by atoms with Crippen molar-refractivity contribution in [1.82, 2.24) is 9.97 Å². The van der Waals surface area contributed by atoms with Crippen LogP contribution in [-0.2, 0) is 11.0 Å². The van der Waals surface area contributed by atoms with E-state index in [-0.39, 0.29) is 17.7 Å². The number of carbonyl (C=O) groups is 1. The van der Waals surface area contributed by atoms with Crippen LogP contribution >= 0.6 is 0 Å². The number of aryl methyl sites for hydroxylation is 1. The molecule has 0 aliphatic carbocycles. The standard InChI is InChI=1S/C17H19N3O.C16H17F3N2O.C8H14.C3H8.C2H6/c21-13-19-16-6-7-17(18-12-16)20-10-8-15(9-11-20)14-4-2-1-3-5-14;1-11-14(16(17,18)19)20-15(22-11)21-9-5-8-13(10-21)12-6-3-2-4-7-12;1-4-5-6-7-8(2)3;1-3-2;1-2/h1-7,12-13,15H,8-11H2,(H,19,21);2-4,6-7,13H,5,8-10H2,1H3;5-7H,4H2,1-3H3;3H2,1-2H3;1-2H3/b;;6-5-;;. The lowest BCUT2D eigenvalue weighted by atomic mass is 9.89. The maximum Gasteiger partial charge on any atom is 0.436 e. The van der Waals surface area contributed by atoms with E-state index in [4.69, 9.17) is 4.42 Å². The average molecular weight is 776 g/mol. The van der Waals surface area contributed by atoms with E-state index in [1.54, 1.807) is 6.20 Å². The molecule has 1 amide bonds. The molecule has 6 rings (SSSR count). The minimum Gasteiger partial charge on any atom is -0.428 e. The number of allylic oxidation sites excluding steroid dienone is 4. The molecule has 2 aliphatic rings. The maximum absolute atomic E-state index is 12.8. The number of benzene rings is 2. The molecule has 4 aromatic rings. The van der Waals surface area contributed by atoms with Gasteiger partial charge in [-0.3, -0.25) is 4.79 Å². The zero-order valence-corrected chi connectivity index (χ0v) is 34.8. The lowest BCUT2D eigenvalue weighted by Gasteiger charge is -2.33. The van der Waals surface area contributed by atoms with E-state index in [1.807, 2.05) is 49.1 Å². The number of carbonyl (C=O) groups excluding carboxylic acids is 1. The summed E-state index contributed by atoms with van der Waals surface area (Å²) in [4.78, 5) is 22.6. The Morgan fingerprint density at radius 3 is 1.93 bits per heavy atom. The van der Waals surface area contributed by atoms with E-state index in [0.717, 1.165) is 56.7 Å². The zero-order valence-electron chi connectivity index (χ0n) is 34.8. The second-order valence-corrected chi connectivity index (χ2v) is 13.7. The Morgan fingerprint density at radius 1 is 0.857 bits per heavy atom. The van der Waals surface area contributed by atoms with E-state index in [2.05, 4.69) is 115 Å². The smallest absolute Gasteiger partial charge is 0.428 e. The van der Waals surface area contributed by atoms with Crippen molar-refractivity contribution in [3.8, 4) is 0 Å². The second-order valence-electron chi connectivity index (χ2n) is 13.7. The number of hydrogen-bond donors (Lipinski definition) is 1. The number of aromatic nitrogens is 2. The van der Waals surface area contributed by atoms with E-state index >= 15 is 0 Å². The molecule has 0 radical (unpaired) electrons. The van der Waals surface area contributed by atoms with Gasteiger partial charge in [-0.2, -0.15) is 18.2 Å². The molecule has 2 aromatic carbocycles. The van der Waals surface area contributed by atoms with Gasteiger partial charge < -0.3 is 19.5 Å². The molecular formula is C46H64F3N5O2. The van der Waals surface area contributed by atoms with Crippen molar-refractivity contribution in [2.45, 2.75) is 112 Å². The van der Waals surface area contributed by atoms with Gasteiger partial charge in [-0.15, -0.1) is 0 Å². The molecule has 56 heavy (non-hydrogen) atoms. The number of amides is 1. The van der Waals surface area contributed by atoms with Gasteiger partial charge >= 0.3 is 6.18 Å². The van der Waals surface area contributed by atoms with Crippen LogP contribution in [0, 0.1) is 6.92 Å². The Bertz CT molecular complexity index is 1680. The highest BCUT2D eigenvalue weighted by Crippen LogP contribution is 2.36. The number of halogens is 3. The van der Waals surface area contributed by atoms with Crippen molar-refractivity contribution in [2.75, 3.05) is 41.3 Å². The number of piperidine rings is 2. The van der Waals surface area contributed by atoms with Crippen LogP contribution in [0.3, 0.4) is 0 Å². The minimum atomic E-state index is -4.47. The molecule has 2 aliphatic heterocycles. The summed E-state index contributed by atoms with van der Waals surface area (Å²) in [5, 5.41) is 2.60. The highest BCUT2D eigenvalue weighted by atomic mass is 19.4.